The molecule has 0 aliphatic carbocycles. The molecule has 0 saturated heterocycles. The summed E-state index contributed by atoms with van der Waals surface area (Å²) < 4.78 is 3.10. The summed E-state index contributed by atoms with van der Waals surface area (Å²) in [5, 5.41) is 7.94. The van der Waals surface area contributed by atoms with Crippen LogP contribution in [0.25, 0.3) is 0 Å². The summed E-state index contributed by atoms with van der Waals surface area (Å²) in [6.07, 6.45) is 2.02. The van der Waals surface area contributed by atoms with Crippen LogP contribution in [0.2, 0.25) is 0 Å². The van der Waals surface area contributed by atoms with Gasteiger partial charge in [0.2, 0.25) is 0 Å². The van der Waals surface area contributed by atoms with Crippen molar-refractivity contribution in [2.45, 2.75) is 33.4 Å². The smallest absolute Gasteiger partial charge is 0.0815 e. The van der Waals surface area contributed by atoms with E-state index in [0.717, 1.165) is 22.4 Å². The molecule has 0 fully saturated rings. The minimum Gasteiger partial charge on any atom is -0.379 e. The molecule has 0 aliphatic heterocycles. The quantitative estimate of drug-likeness (QED) is 0.919. The second-order valence-corrected chi connectivity index (χ2v) is 5.50. The Morgan fingerprint density at radius 1 is 1.33 bits per heavy atom. The number of hydrogen-bond donors (Lipinski definition) is 1. The molecular formula is C14H18BrN3. The Bertz CT molecular complexity index is 532. The minimum atomic E-state index is 0.409. The normalized spacial score (nSPS) is 10.9. The van der Waals surface area contributed by atoms with Crippen molar-refractivity contribution in [3.05, 3.63) is 46.2 Å². The van der Waals surface area contributed by atoms with E-state index < -0.39 is 0 Å². The van der Waals surface area contributed by atoms with Crippen LogP contribution in [0.1, 0.15) is 31.1 Å². The van der Waals surface area contributed by atoms with Crippen LogP contribution < -0.4 is 5.32 Å². The molecule has 1 N–H and O–H groups in total. The molecule has 1 heterocycles. The fraction of sp³-hybridized carbons (Fsp3) is 0.357. The first-order chi connectivity index (χ1) is 8.58. The monoisotopic (exact) mass is 307 g/mol. The van der Waals surface area contributed by atoms with Gasteiger partial charge in [-0.3, -0.25) is 4.68 Å². The van der Waals surface area contributed by atoms with E-state index in [4.69, 9.17) is 0 Å². The first kappa shape index (κ1) is 13.1. The molecule has 0 radical (unpaired) electrons. The van der Waals surface area contributed by atoms with Crippen LogP contribution >= 0.6 is 15.9 Å². The molecular weight excluding hydrogens is 290 g/mol. The maximum Gasteiger partial charge on any atom is 0.0815 e. The highest BCUT2D eigenvalue weighted by molar-refractivity contribution is 9.10. The third kappa shape index (κ3) is 2.93. The van der Waals surface area contributed by atoms with Crippen molar-refractivity contribution in [1.29, 1.82) is 0 Å². The van der Waals surface area contributed by atoms with Crippen LogP contribution in [0, 0.1) is 6.92 Å². The number of benzene rings is 1. The number of hydrogen-bond acceptors (Lipinski definition) is 2. The molecule has 1 aromatic heterocycles. The summed E-state index contributed by atoms with van der Waals surface area (Å²) >= 11 is 3.54. The van der Waals surface area contributed by atoms with Crippen molar-refractivity contribution >= 4 is 21.6 Å². The van der Waals surface area contributed by atoms with Gasteiger partial charge in [-0.1, -0.05) is 22.0 Å². The van der Waals surface area contributed by atoms with Crippen molar-refractivity contribution in [2.24, 2.45) is 0 Å². The summed E-state index contributed by atoms with van der Waals surface area (Å²) in [6.45, 7) is 7.10. The zero-order valence-electron chi connectivity index (χ0n) is 10.9. The molecule has 0 bridgehead atoms. The second-order valence-electron chi connectivity index (χ2n) is 4.65. The zero-order valence-corrected chi connectivity index (χ0v) is 12.5. The van der Waals surface area contributed by atoms with E-state index in [2.05, 4.69) is 59.2 Å². The predicted molar refractivity (Wildman–Crippen MR) is 78.8 cm³/mol. The van der Waals surface area contributed by atoms with Gasteiger partial charge >= 0.3 is 0 Å². The van der Waals surface area contributed by atoms with Crippen LogP contribution in [-0.2, 0) is 6.54 Å². The molecule has 2 rings (SSSR count). The molecule has 2 aromatic rings. The van der Waals surface area contributed by atoms with Crippen molar-refractivity contribution in [3.8, 4) is 0 Å². The number of nitrogens with zero attached hydrogens (tertiary/aromatic N) is 2. The first-order valence-corrected chi connectivity index (χ1v) is 6.90. The minimum absolute atomic E-state index is 0.409. The van der Waals surface area contributed by atoms with Crippen molar-refractivity contribution in [2.75, 3.05) is 5.32 Å². The number of anilines is 1. The van der Waals surface area contributed by atoms with Crippen LogP contribution in [0.5, 0.6) is 0 Å². The summed E-state index contributed by atoms with van der Waals surface area (Å²) in [4.78, 5) is 0. The Hall–Kier alpha value is -1.29. The van der Waals surface area contributed by atoms with Crippen molar-refractivity contribution in [1.82, 2.24) is 9.78 Å². The van der Waals surface area contributed by atoms with Gasteiger partial charge in [0, 0.05) is 22.4 Å². The van der Waals surface area contributed by atoms with Crippen LogP contribution in [0.4, 0.5) is 5.69 Å². The maximum absolute atomic E-state index is 4.52. The molecule has 0 spiro atoms. The third-order valence-corrected chi connectivity index (χ3v) is 3.78. The highest BCUT2D eigenvalue weighted by atomic mass is 79.9. The van der Waals surface area contributed by atoms with Gasteiger partial charge in [-0.2, -0.15) is 5.10 Å². The summed E-state index contributed by atoms with van der Waals surface area (Å²) in [5.74, 6) is 0. The molecule has 0 saturated carbocycles. The van der Waals surface area contributed by atoms with Crippen molar-refractivity contribution < 1.29 is 0 Å². The average molecular weight is 308 g/mol. The predicted octanol–water partition coefficient (Wildman–Crippen LogP) is 4.15. The van der Waals surface area contributed by atoms with E-state index >= 15 is 0 Å². The number of halogens is 1. The third-order valence-electron chi connectivity index (χ3n) is 2.92. The van der Waals surface area contributed by atoms with Gasteiger partial charge < -0.3 is 5.32 Å². The van der Waals surface area contributed by atoms with E-state index in [1.54, 1.807) is 0 Å². The molecule has 0 amide bonds. The zero-order chi connectivity index (χ0) is 13.1. The fourth-order valence-electron chi connectivity index (χ4n) is 1.74. The lowest BCUT2D eigenvalue weighted by Gasteiger charge is -2.09. The summed E-state index contributed by atoms with van der Waals surface area (Å²) in [5.41, 5.74) is 3.42. The molecule has 0 aliphatic rings. The molecule has 18 heavy (non-hydrogen) atoms. The Morgan fingerprint density at radius 3 is 2.78 bits per heavy atom. The fourth-order valence-corrected chi connectivity index (χ4v) is 2.11. The molecule has 96 valence electrons. The number of rotatable bonds is 4. The largest absolute Gasteiger partial charge is 0.379 e. The van der Waals surface area contributed by atoms with E-state index in [9.17, 15) is 0 Å². The topological polar surface area (TPSA) is 29.9 Å². The summed E-state index contributed by atoms with van der Waals surface area (Å²) in [7, 11) is 0. The molecule has 4 heteroatoms. The van der Waals surface area contributed by atoms with Gasteiger partial charge in [0.1, 0.15) is 0 Å². The van der Waals surface area contributed by atoms with Gasteiger partial charge in [-0.15, -0.1) is 0 Å². The SMILES string of the molecule is Cc1c(Br)cccc1NCc1ccn(C(C)C)n1. The lowest BCUT2D eigenvalue weighted by molar-refractivity contribution is 0.527. The van der Waals surface area contributed by atoms with Gasteiger partial charge in [0.25, 0.3) is 0 Å². The Labute approximate surface area is 116 Å². The Kier molecular flexibility index (Phi) is 4.07. The second kappa shape index (κ2) is 5.57. The van der Waals surface area contributed by atoms with E-state index in [1.165, 1.54) is 5.56 Å². The first-order valence-electron chi connectivity index (χ1n) is 6.11. The van der Waals surface area contributed by atoms with Gasteiger partial charge in [0.05, 0.1) is 12.2 Å². The molecule has 3 nitrogen and oxygen atoms in total. The Balaban J connectivity index is 2.04. The van der Waals surface area contributed by atoms with E-state index in [1.807, 2.05) is 23.0 Å². The van der Waals surface area contributed by atoms with E-state index in [0.29, 0.717) is 6.04 Å². The average Bonchev–Trinajstić information content (AvgIpc) is 2.80. The van der Waals surface area contributed by atoms with Gasteiger partial charge in [-0.05, 0) is 44.5 Å². The van der Waals surface area contributed by atoms with E-state index in [-0.39, 0.29) is 0 Å². The number of aromatic nitrogens is 2. The van der Waals surface area contributed by atoms with Crippen LogP contribution in [0.15, 0.2) is 34.9 Å². The highest BCUT2D eigenvalue weighted by Crippen LogP contribution is 2.23. The molecule has 0 unspecified atom stereocenters. The molecule has 1 aromatic carbocycles. The summed E-state index contributed by atoms with van der Waals surface area (Å²) in [6, 6.07) is 8.63. The standard InChI is InChI=1S/C14H18BrN3/c1-10(2)18-8-7-12(17-18)9-16-14-6-4-5-13(15)11(14)3/h4-8,10,16H,9H2,1-3H3. The van der Waals surface area contributed by atoms with Gasteiger partial charge in [-0.25, -0.2) is 0 Å². The number of nitrogens with one attached hydrogen (secondary N) is 1. The van der Waals surface area contributed by atoms with Crippen LogP contribution in [-0.4, -0.2) is 9.78 Å². The maximum atomic E-state index is 4.52. The van der Waals surface area contributed by atoms with Crippen LogP contribution in [0.3, 0.4) is 0 Å². The lowest BCUT2D eigenvalue weighted by atomic mass is 10.2. The van der Waals surface area contributed by atoms with Crippen molar-refractivity contribution in [3.63, 3.8) is 0 Å². The highest BCUT2D eigenvalue weighted by Gasteiger charge is 2.04. The lowest BCUT2D eigenvalue weighted by Crippen LogP contribution is -2.05. The molecule has 0 atom stereocenters. The Morgan fingerprint density at radius 2 is 2.11 bits per heavy atom. The van der Waals surface area contributed by atoms with Gasteiger partial charge in [0.15, 0.2) is 0 Å².